The summed E-state index contributed by atoms with van der Waals surface area (Å²) in [5.41, 5.74) is 0. The molecule has 1 saturated heterocycles. The van der Waals surface area contributed by atoms with E-state index in [2.05, 4.69) is 22.0 Å². The number of rotatable bonds is 1. The number of halogens is 1. The highest BCUT2D eigenvalue weighted by Gasteiger charge is 2.14. The Labute approximate surface area is 95.5 Å². The van der Waals surface area contributed by atoms with Gasteiger partial charge in [0.15, 0.2) is 11.0 Å². The van der Waals surface area contributed by atoms with E-state index in [-0.39, 0.29) is 0 Å². The molecule has 1 atom stereocenters. The molecule has 4 heteroatoms. The van der Waals surface area contributed by atoms with Crippen molar-refractivity contribution >= 4 is 17.4 Å². The SMILES string of the molecule is CC1CCCN(c2ccc(Cl)nn2)CC1. The summed E-state index contributed by atoms with van der Waals surface area (Å²) in [7, 11) is 0. The topological polar surface area (TPSA) is 29.0 Å². The quantitative estimate of drug-likeness (QED) is 0.736. The average molecular weight is 226 g/mol. The largest absolute Gasteiger partial charge is 0.355 e. The summed E-state index contributed by atoms with van der Waals surface area (Å²) < 4.78 is 0. The Hall–Kier alpha value is -0.830. The fourth-order valence-electron chi connectivity index (χ4n) is 1.97. The molecule has 1 aromatic rings. The Morgan fingerprint density at radius 3 is 2.87 bits per heavy atom. The molecule has 15 heavy (non-hydrogen) atoms. The van der Waals surface area contributed by atoms with Crippen LogP contribution in [0.1, 0.15) is 26.2 Å². The lowest BCUT2D eigenvalue weighted by molar-refractivity contribution is 0.521. The van der Waals surface area contributed by atoms with Gasteiger partial charge < -0.3 is 4.90 Å². The molecule has 0 radical (unpaired) electrons. The summed E-state index contributed by atoms with van der Waals surface area (Å²) in [6, 6.07) is 3.75. The molecule has 1 fully saturated rings. The van der Waals surface area contributed by atoms with Crippen LogP contribution >= 0.6 is 11.6 Å². The highest BCUT2D eigenvalue weighted by molar-refractivity contribution is 6.29. The second-order valence-corrected chi connectivity index (χ2v) is 4.62. The molecule has 2 heterocycles. The maximum Gasteiger partial charge on any atom is 0.151 e. The van der Waals surface area contributed by atoms with Gasteiger partial charge in [-0.05, 0) is 37.3 Å². The van der Waals surface area contributed by atoms with E-state index in [1.54, 1.807) is 6.07 Å². The van der Waals surface area contributed by atoms with E-state index in [1.807, 2.05) is 6.07 Å². The Balaban J connectivity index is 2.06. The van der Waals surface area contributed by atoms with Gasteiger partial charge in [-0.1, -0.05) is 18.5 Å². The van der Waals surface area contributed by atoms with Crippen LogP contribution in [0.3, 0.4) is 0 Å². The van der Waals surface area contributed by atoms with Crippen molar-refractivity contribution in [2.24, 2.45) is 5.92 Å². The molecular weight excluding hydrogens is 210 g/mol. The van der Waals surface area contributed by atoms with E-state index in [0.717, 1.165) is 24.8 Å². The molecule has 1 unspecified atom stereocenters. The van der Waals surface area contributed by atoms with Crippen LogP contribution in [0.25, 0.3) is 0 Å². The van der Waals surface area contributed by atoms with Crippen LogP contribution in [0.4, 0.5) is 5.82 Å². The number of hydrogen-bond donors (Lipinski definition) is 0. The predicted molar refractivity (Wildman–Crippen MR) is 62.3 cm³/mol. The average Bonchev–Trinajstić information content (AvgIpc) is 2.44. The van der Waals surface area contributed by atoms with Gasteiger partial charge in [-0.3, -0.25) is 0 Å². The number of hydrogen-bond acceptors (Lipinski definition) is 3. The molecule has 0 bridgehead atoms. The molecule has 1 aliphatic rings. The van der Waals surface area contributed by atoms with Crippen molar-refractivity contribution in [3.05, 3.63) is 17.3 Å². The lowest BCUT2D eigenvalue weighted by Gasteiger charge is -2.20. The maximum absolute atomic E-state index is 5.71. The van der Waals surface area contributed by atoms with E-state index in [9.17, 15) is 0 Å². The highest BCUT2D eigenvalue weighted by Crippen LogP contribution is 2.20. The number of nitrogens with zero attached hydrogens (tertiary/aromatic N) is 3. The molecule has 0 saturated carbocycles. The van der Waals surface area contributed by atoms with Crippen molar-refractivity contribution < 1.29 is 0 Å². The van der Waals surface area contributed by atoms with E-state index in [1.165, 1.54) is 19.3 Å². The molecule has 0 aromatic carbocycles. The Morgan fingerprint density at radius 2 is 2.13 bits per heavy atom. The van der Waals surface area contributed by atoms with Gasteiger partial charge in [-0.2, -0.15) is 0 Å². The van der Waals surface area contributed by atoms with Gasteiger partial charge in [0, 0.05) is 13.1 Å². The van der Waals surface area contributed by atoms with Crippen molar-refractivity contribution in [2.45, 2.75) is 26.2 Å². The van der Waals surface area contributed by atoms with Crippen LogP contribution in [-0.2, 0) is 0 Å². The van der Waals surface area contributed by atoms with Crippen LogP contribution < -0.4 is 4.90 Å². The zero-order chi connectivity index (χ0) is 10.7. The third-order valence-corrected chi connectivity index (χ3v) is 3.16. The standard InChI is InChI=1S/C11H16ClN3/c1-9-3-2-7-15(8-6-9)11-5-4-10(12)13-14-11/h4-5,9H,2-3,6-8H2,1H3. The lowest BCUT2D eigenvalue weighted by atomic mass is 10.0. The molecule has 0 aliphatic carbocycles. The molecule has 3 nitrogen and oxygen atoms in total. The first-order valence-corrected chi connectivity index (χ1v) is 5.87. The Morgan fingerprint density at radius 1 is 1.27 bits per heavy atom. The molecule has 1 aromatic heterocycles. The molecule has 0 amide bonds. The Bertz CT molecular complexity index is 312. The normalized spacial score (nSPS) is 22.5. The first-order chi connectivity index (χ1) is 7.25. The summed E-state index contributed by atoms with van der Waals surface area (Å²) >= 11 is 5.71. The van der Waals surface area contributed by atoms with Gasteiger partial charge in [0.1, 0.15) is 0 Å². The fraction of sp³-hybridized carbons (Fsp3) is 0.636. The van der Waals surface area contributed by atoms with Crippen LogP contribution in [0, 0.1) is 5.92 Å². The van der Waals surface area contributed by atoms with Crippen LogP contribution in [-0.4, -0.2) is 23.3 Å². The summed E-state index contributed by atoms with van der Waals surface area (Å²) in [6.45, 7) is 4.48. The first kappa shape index (κ1) is 10.7. The summed E-state index contributed by atoms with van der Waals surface area (Å²) in [6.07, 6.45) is 3.80. The molecule has 0 spiro atoms. The number of aromatic nitrogens is 2. The van der Waals surface area contributed by atoms with Crippen molar-refractivity contribution in [1.82, 2.24) is 10.2 Å². The second kappa shape index (κ2) is 4.79. The van der Waals surface area contributed by atoms with Gasteiger partial charge in [0.05, 0.1) is 0 Å². The summed E-state index contributed by atoms with van der Waals surface area (Å²) in [4.78, 5) is 2.30. The van der Waals surface area contributed by atoms with Crippen LogP contribution in [0.15, 0.2) is 12.1 Å². The molecule has 2 rings (SSSR count). The zero-order valence-electron chi connectivity index (χ0n) is 8.99. The van der Waals surface area contributed by atoms with Gasteiger partial charge in [0.2, 0.25) is 0 Å². The third-order valence-electron chi connectivity index (χ3n) is 2.96. The van der Waals surface area contributed by atoms with Crippen LogP contribution in [0.2, 0.25) is 5.15 Å². The Kier molecular flexibility index (Phi) is 3.41. The smallest absolute Gasteiger partial charge is 0.151 e. The molecule has 1 aliphatic heterocycles. The monoisotopic (exact) mass is 225 g/mol. The van der Waals surface area contributed by atoms with Gasteiger partial charge >= 0.3 is 0 Å². The van der Waals surface area contributed by atoms with E-state index < -0.39 is 0 Å². The maximum atomic E-state index is 5.71. The highest BCUT2D eigenvalue weighted by atomic mass is 35.5. The minimum absolute atomic E-state index is 0.460. The van der Waals surface area contributed by atoms with Gasteiger partial charge in [0.25, 0.3) is 0 Å². The fourth-order valence-corrected chi connectivity index (χ4v) is 2.07. The summed E-state index contributed by atoms with van der Waals surface area (Å²) in [5.74, 6) is 1.78. The molecule has 0 N–H and O–H groups in total. The van der Waals surface area contributed by atoms with E-state index in [0.29, 0.717) is 5.15 Å². The molecule has 82 valence electrons. The minimum Gasteiger partial charge on any atom is -0.355 e. The van der Waals surface area contributed by atoms with Gasteiger partial charge in [-0.15, -0.1) is 10.2 Å². The zero-order valence-corrected chi connectivity index (χ0v) is 9.74. The van der Waals surface area contributed by atoms with Crippen molar-refractivity contribution in [3.8, 4) is 0 Å². The van der Waals surface area contributed by atoms with Crippen molar-refractivity contribution in [1.29, 1.82) is 0 Å². The third kappa shape index (κ3) is 2.81. The second-order valence-electron chi connectivity index (χ2n) is 4.24. The van der Waals surface area contributed by atoms with E-state index in [4.69, 9.17) is 11.6 Å². The van der Waals surface area contributed by atoms with Crippen LogP contribution in [0.5, 0.6) is 0 Å². The first-order valence-electron chi connectivity index (χ1n) is 5.50. The van der Waals surface area contributed by atoms with E-state index >= 15 is 0 Å². The van der Waals surface area contributed by atoms with Crippen molar-refractivity contribution in [3.63, 3.8) is 0 Å². The number of anilines is 1. The van der Waals surface area contributed by atoms with Gasteiger partial charge in [-0.25, -0.2) is 0 Å². The van der Waals surface area contributed by atoms with Crippen molar-refractivity contribution in [2.75, 3.05) is 18.0 Å². The molecular formula is C11H16ClN3. The predicted octanol–water partition coefficient (Wildman–Crippen LogP) is 2.76. The minimum atomic E-state index is 0.460. The lowest BCUT2D eigenvalue weighted by Crippen LogP contribution is -2.25. The summed E-state index contributed by atoms with van der Waals surface area (Å²) in [5, 5.41) is 8.45.